The number of hydrogen-bond acceptors (Lipinski definition) is 3. The molecule has 1 aromatic heterocycles. The van der Waals surface area contributed by atoms with Crippen molar-refractivity contribution in [3.63, 3.8) is 0 Å². The highest BCUT2D eigenvalue weighted by atomic mass is 16.1. The second-order valence-electron chi connectivity index (χ2n) is 5.62. The van der Waals surface area contributed by atoms with Crippen molar-refractivity contribution in [2.24, 2.45) is 5.92 Å². The molecule has 0 saturated carbocycles. The van der Waals surface area contributed by atoms with Crippen LogP contribution in [0.5, 0.6) is 0 Å². The van der Waals surface area contributed by atoms with E-state index in [1.165, 1.54) is 12.8 Å². The third-order valence-corrected chi connectivity index (χ3v) is 4.74. The van der Waals surface area contributed by atoms with Gasteiger partial charge in [0.15, 0.2) is 5.78 Å². The van der Waals surface area contributed by atoms with Gasteiger partial charge in [0.2, 0.25) is 0 Å². The van der Waals surface area contributed by atoms with E-state index in [0.717, 1.165) is 25.1 Å². The normalized spacial score (nSPS) is 31.8. The zero-order chi connectivity index (χ0) is 12.7. The Balaban J connectivity index is 1.78. The number of carbonyl (C=O) groups is 1. The SMILES string of the molecule is CCn1nccc1C(=O)C1CC2CCC(C1)N2C. The Kier molecular flexibility index (Phi) is 2.98. The molecule has 2 bridgehead atoms. The average Bonchev–Trinajstić information content (AvgIpc) is 2.90. The smallest absolute Gasteiger partial charge is 0.184 e. The predicted molar refractivity (Wildman–Crippen MR) is 69.5 cm³/mol. The molecule has 0 aromatic carbocycles. The molecule has 2 unspecified atom stereocenters. The Morgan fingerprint density at radius 3 is 2.67 bits per heavy atom. The Labute approximate surface area is 108 Å². The van der Waals surface area contributed by atoms with Gasteiger partial charge in [-0.15, -0.1) is 0 Å². The number of ketones is 1. The maximum Gasteiger partial charge on any atom is 0.184 e. The minimum Gasteiger partial charge on any atom is -0.300 e. The number of Topliss-reactive ketones (excluding diaryl/α,β-unsaturated/α-hetero) is 1. The fourth-order valence-electron chi connectivity index (χ4n) is 3.63. The van der Waals surface area contributed by atoms with Crippen molar-refractivity contribution in [1.29, 1.82) is 0 Å². The van der Waals surface area contributed by atoms with Crippen molar-refractivity contribution in [3.05, 3.63) is 18.0 Å². The van der Waals surface area contributed by atoms with Crippen LogP contribution in [0.15, 0.2) is 12.3 Å². The van der Waals surface area contributed by atoms with Crippen LogP contribution in [0.1, 0.15) is 43.1 Å². The highest BCUT2D eigenvalue weighted by molar-refractivity contribution is 5.96. The van der Waals surface area contributed by atoms with Gasteiger partial charge in [0.05, 0.1) is 0 Å². The summed E-state index contributed by atoms with van der Waals surface area (Å²) in [7, 11) is 2.21. The summed E-state index contributed by atoms with van der Waals surface area (Å²) in [5.41, 5.74) is 0.798. The fourth-order valence-corrected chi connectivity index (χ4v) is 3.63. The van der Waals surface area contributed by atoms with Crippen LogP contribution in [0.4, 0.5) is 0 Å². The number of fused-ring (bicyclic) bond motifs is 2. The van der Waals surface area contributed by atoms with Gasteiger partial charge in [0.1, 0.15) is 5.69 Å². The highest BCUT2D eigenvalue weighted by Crippen LogP contribution is 2.38. The molecule has 2 aliphatic rings. The second-order valence-corrected chi connectivity index (χ2v) is 5.62. The summed E-state index contributed by atoms with van der Waals surface area (Å²) in [5, 5.41) is 4.20. The van der Waals surface area contributed by atoms with E-state index in [0.29, 0.717) is 17.9 Å². The molecule has 0 N–H and O–H groups in total. The average molecular weight is 247 g/mol. The predicted octanol–water partition coefficient (Wildman–Crippen LogP) is 1.96. The van der Waals surface area contributed by atoms with Crippen molar-refractivity contribution in [2.75, 3.05) is 7.05 Å². The number of carbonyl (C=O) groups excluding carboxylic acids is 1. The van der Waals surface area contributed by atoms with Crippen molar-refractivity contribution >= 4 is 5.78 Å². The van der Waals surface area contributed by atoms with Crippen molar-refractivity contribution in [3.8, 4) is 0 Å². The molecule has 3 rings (SSSR count). The maximum atomic E-state index is 12.6. The molecule has 2 atom stereocenters. The van der Waals surface area contributed by atoms with Crippen LogP contribution in [0.2, 0.25) is 0 Å². The largest absolute Gasteiger partial charge is 0.300 e. The summed E-state index contributed by atoms with van der Waals surface area (Å²) in [6, 6.07) is 3.11. The Morgan fingerprint density at radius 1 is 1.39 bits per heavy atom. The monoisotopic (exact) mass is 247 g/mol. The van der Waals surface area contributed by atoms with E-state index in [1.54, 1.807) is 6.20 Å². The highest BCUT2D eigenvalue weighted by Gasteiger charge is 2.41. The van der Waals surface area contributed by atoms with Crippen LogP contribution in [-0.4, -0.2) is 39.6 Å². The molecular weight excluding hydrogens is 226 g/mol. The third-order valence-electron chi connectivity index (χ3n) is 4.74. The van der Waals surface area contributed by atoms with Crippen molar-refractivity contribution < 1.29 is 4.79 Å². The standard InChI is InChI=1S/C14H21N3O/c1-3-17-13(6-7-15-17)14(18)10-8-11-4-5-12(9-10)16(11)2/h6-7,10-12H,3-5,8-9H2,1-2H3. The lowest BCUT2D eigenvalue weighted by atomic mass is 9.86. The van der Waals surface area contributed by atoms with Crippen LogP contribution in [-0.2, 0) is 6.54 Å². The Morgan fingerprint density at radius 2 is 2.06 bits per heavy atom. The number of aryl methyl sites for hydroxylation is 1. The molecule has 0 radical (unpaired) electrons. The second kappa shape index (κ2) is 4.50. The van der Waals surface area contributed by atoms with Gasteiger partial charge in [-0.25, -0.2) is 0 Å². The molecule has 0 spiro atoms. The molecule has 98 valence electrons. The van der Waals surface area contributed by atoms with Gasteiger partial charge >= 0.3 is 0 Å². The summed E-state index contributed by atoms with van der Waals surface area (Å²) in [5.74, 6) is 0.514. The molecular formula is C14H21N3O. The summed E-state index contributed by atoms with van der Waals surface area (Å²) in [4.78, 5) is 15.1. The van der Waals surface area contributed by atoms with Gasteiger partial charge in [0, 0.05) is 30.7 Å². The van der Waals surface area contributed by atoms with Crippen molar-refractivity contribution in [1.82, 2.24) is 14.7 Å². The van der Waals surface area contributed by atoms with Gasteiger partial charge in [-0.05, 0) is 45.7 Å². The zero-order valence-electron chi connectivity index (χ0n) is 11.2. The summed E-state index contributed by atoms with van der Waals surface area (Å²) in [6.45, 7) is 2.80. The number of aromatic nitrogens is 2. The summed E-state index contributed by atoms with van der Waals surface area (Å²) in [6.07, 6.45) is 6.32. The number of rotatable bonds is 3. The van der Waals surface area contributed by atoms with Crippen molar-refractivity contribution in [2.45, 2.75) is 51.2 Å². The number of hydrogen-bond donors (Lipinski definition) is 0. The van der Waals surface area contributed by atoms with Gasteiger partial charge < -0.3 is 4.90 Å². The molecule has 2 aliphatic heterocycles. The molecule has 4 heteroatoms. The van der Waals surface area contributed by atoms with E-state index in [1.807, 2.05) is 17.7 Å². The van der Waals surface area contributed by atoms with Crippen LogP contribution in [0.25, 0.3) is 0 Å². The van der Waals surface area contributed by atoms with E-state index in [4.69, 9.17) is 0 Å². The van der Waals surface area contributed by atoms with Crippen LogP contribution in [0.3, 0.4) is 0 Å². The zero-order valence-corrected chi connectivity index (χ0v) is 11.2. The lowest BCUT2D eigenvalue weighted by molar-refractivity contribution is 0.0756. The number of nitrogens with zero attached hydrogens (tertiary/aromatic N) is 3. The van der Waals surface area contributed by atoms with Crippen LogP contribution < -0.4 is 0 Å². The van der Waals surface area contributed by atoms with E-state index in [2.05, 4.69) is 17.0 Å². The lowest BCUT2D eigenvalue weighted by Gasteiger charge is -2.35. The van der Waals surface area contributed by atoms with E-state index >= 15 is 0 Å². The minimum absolute atomic E-state index is 0.209. The van der Waals surface area contributed by atoms with Gasteiger partial charge in [-0.3, -0.25) is 9.48 Å². The minimum atomic E-state index is 0.209. The molecule has 0 amide bonds. The van der Waals surface area contributed by atoms with E-state index in [-0.39, 0.29) is 5.92 Å². The first-order chi connectivity index (χ1) is 8.70. The first kappa shape index (κ1) is 11.9. The van der Waals surface area contributed by atoms with E-state index < -0.39 is 0 Å². The first-order valence-corrected chi connectivity index (χ1v) is 6.98. The lowest BCUT2D eigenvalue weighted by Crippen LogP contribution is -2.42. The summed E-state index contributed by atoms with van der Waals surface area (Å²) < 4.78 is 1.82. The fraction of sp³-hybridized carbons (Fsp3) is 0.714. The van der Waals surface area contributed by atoms with Gasteiger partial charge in [0.25, 0.3) is 0 Å². The molecule has 4 nitrogen and oxygen atoms in total. The maximum absolute atomic E-state index is 12.6. The third kappa shape index (κ3) is 1.79. The van der Waals surface area contributed by atoms with Gasteiger partial charge in [-0.1, -0.05) is 0 Å². The Bertz CT molecular complexity index is 440. The van der Waals surface area contributed by atoms with Gasteiger partial charge in [-0.2, -0.15) is 5.10 Å². The molecule has 2 fully saturated rings. The number of piperidine rings is 1. The van der Waals surface area contributed by atoms with Crippen LogP contribution in [0, 0.1) is 5.92 Å². The molecule has 0 aliphatic carbocycles. The molecule has 3 heterocycles. The first-order valence-electron chi connectivity index (χ1n) is 6.98. The topological polar surface area (TPSA) is 38.1 Å². The molecule has 2 saturated heterocycles. The van der Waals surface area contributed by atoms with Crippen LogP contribution >= 0.6 is 0 Å². The quantitative estimate of drug-likeness (QED) is 0.766. The van der Waals surface area contributed by atoms with E-state index in [9.17, 15) is 4.79 Å². The summed E-state index contributed by atoms with van der Waals surface area (Å²) >= 11 is 0. The molecule has 18 heavy (non-hydrogen) atoms. The Hall–Kier alpha value is -1.16. The molecule has 1 aromatic rings.